The van der Waals surface area contributed by atoms with Crippen molar-refractivity contribution in [2.75, 3.05) is 22.9 Å². The molecule has 0 radical (unpaired) electrons. The van der Waals surface area contributed by atoms with Crippen LogP contribution in [0.25, 0.3) is 0 Å². The summed E-state index contributed by atoms with van der Waals surface area (Å²) in [7, 11) is 0. The summed E-state index contributed by atoms with van der Waals surface area (Å²) in [4.78, 5) is 28.7. The summed E-state index contributed by atoms with van der Waals surface area (Å²) in [6, 6.07) is 14.4. The van der Waals surface area contributed by atoms with E-state index in [4.69, 9.17) is 14.4 Å². The molecule has 1 amide bonds. The van der Waals surface area contributed by atoms with Crippen LogP contribution in [0.5, 0.6) is 11.6 Å². The van der Waals surface area contributed by atoms with Crippen molar-refractivity contribution < 1.29 is 24.0 Å². The Hall–Kier alpha value is -3.81. The molecule has 3 aromatic rings. The van der Waals surface area contributed by atoms with E-state index in [2.05, 4.69) is 16.1 Å². The van der Waals surface area contributed by atoms with E-state index >= 15 is 0 Å². The van der Waals surface area contributed by atoms with Crippen molar-refractivity contribution in [3.63, 3.8) is 0 Å². The number of carbonyl (C=O) groups excluding carboxylic acids is 1. The van der Waals surface area contributed by atoms with Gasteiger partial charge in [-0.1, -0.05) is 12.1 Å². The van der Waals surface area contributed by atoms with Gasteiger partial charge in [0.1, 0.15) is 11.3 Å². The number of carboxylic acid groups (broad SMARTS) is 1. The minimum atomic E-state index is -1.02. The van der Waals surface area contributed by atoms with E-state index in [9.17, 15) is 9.59 Å². The van der Waals surface area contributed by atoms with Gasteiger partial charge < -0.3 is 24.2 Å². The Morgan fingerprint density at radius 3 is 2.45 bits per heavy atom. The molecule has 1 saturated carbocycles. The van der Waals surface area contributed by atoms with Crippen LogP contribution in [0.4, 0.5) is 11.4 Å². The van der Waals surface area contributed by atoms with Crippen LogP contribution in [0.15, 0.2) is 53.1 Å². The van der Waals surface area contributed by atoms with Crippen LogP contribution in [0.1, 0.15) is 39.3 Å². The molecule has 1 aliphatic carbocycles. The van der Waals surface area contributed by atoms with Crippen molar-refractivity contribution in [2.45, 2.75) is 25.8 Å². The second-order valence-corrected chi connectivity index (χ2v) is 7.72. The quantitative estimate of drug-likeness (QED) is 0.665. The predicted octanol–water partition coefficient (Wildman–Crippen LogP) is 4.10. The van der Waals surface area contributed by atoms with Crippen molar-refractivity contribution in [3.05, 3.63) is 65.4 Å². The highest BCUT2D eigenvalue weighted by atomic mass is 16.5. The van der Waals surface area contributed by atoms with Gasteiger partial charge in [-0.05, 0) is 61.3 Å². The highest BCUT2D eigenvalue weighted by molar-refractivity contribution is 6.10. The number of ether oxygens (including phenoxy) is 1. The lowest BCUT2D eigenvalue weighted by molar-refractivity contribution is 0.0696. The lowest BCUT2D eigenvalue weighted by Gasteiger charge is -2.37. The Balaban J connectivity index is 1.44. The molecule has 8 heteroatoms. The number of benzene rings is 2. The summed E-state index contributed by atoms with van der Waals surface area (Å²) < 4.78 is 11.1. The first-order chi connectivity index (χ1) is 15.0. The number of rotatable bonds is 5. The average Bonchev–Trinajstić information content (AvgIpc) is 3.56. The van der Waals surface area contributed by atoms with Gasteiger partial charge in [0, 0.05) is 19.1 Å². The molecule has 1 aliphatic heterocycles. The zero-order valence-corrected chi connectivity index (χ0v) is 16.9. The molecule has 0 spiro atoms. The third-order valence-electron chi connectivity index (χ3n) is 5.64. The largest absolute Gasteiger partial charge is 0.478 e. The van der Waals surface area contributed by atoms with Gasteiger partial charge in [-0.25, -0.2) is 4.79 Å². The van der Waals surface area contributed by atoms with Gasteiger partial charge in [-0.15, -0.1) is 0 Å². The molecule has 2 heterocycles. The maximum Gasteiger partial charge on any atom is 0.335 e. The summed E-state index contributed by atoms with van der Waals surface area (Å²) >= 11 is 0. The smallest absolute Gasteiger partial charge is 0.335 e. The molecular formula is C23H21N3O5. The third-order valence-corrected chi connectivity index (χ3v) is 5.64. The molecule has 5 rings (SSSR count). The molecular weight excluding hydrogens is 398 g/mol. The Morgan fingerprint density at radius 1 is 1.06 bits per heavy atom. The number of aromatic nitrogens is 1. The van der Waals surface area contributed by atoms with Crippen LogP contribution < -0.4 is 14.5 Å². The first kappa shape index (κ1) is 19.2. The molecule has 8 nitrogen and oxygen atoms in total. The molecule has 0 bridgehead atoms. The minimum absolute atomic E-state index is 0.0627. The number of carboxylic acids is 1. The SMILES string of the molecule is Cc1onc(Oc2ccc(C(=O)O)cc2)c1C(=O)N1CCN(C2CC2)c2ccccc21. The number of carbonyl (C=O) groups is 2. The summed E-state index contributed by atoms with van der Waals surface area (Å²) in [6.45, 7) is 3.00. The van der Waals surface area contributed by atoms with Crippen LogP contribution in [-0.4, -0.2) is 41.3 Å². The van der Waals surface area contributed by atoms with Crippen molar-refractivity contribution in [3.8, 4) is 11.6 Å². The summed E-state index contributed by atoms with van der Waals surface area (Å²) in [5.74, 6) is -0.467. The van der Waals surface area contributed by atoms with Crippen molar-refractivity contribution in [1.29, 1.82) is 0 Å². The average molecular weight is 419 g/mol. The predicted molar refractivity (Wildman–Crippen MR) is 113 cm³/mol. The normalized spacial score (nSPS) is 15.5. The van der Waals surface area contributed by atoms with Crippen molar-refractivity contribution in [1.82, 2.24) is 5.16 Å². The van der Waals surface area contributed by atoms with Crippen molar-refractivity contribution >= 4 is 23.3 Å². The molecule has 31 heavy (non-hydrogen) atoms. The van der Waals surface area contributed by atoms with Crippen molar-refractivity contribution in [2.24, 2.45) is 0 Å². The number of aryl methyl sites for hydroxylation is 1. The fourth-order valence-corrected chi connectivity index (χ4v) is 3.94. The molecule has 2 aromatic carbocycles. The number of anilines is 2. The van der Waals surface area contributed by atoms with Gasteiger partial charge in [-0.3, -0.25) is 4.79 Å². The number of amides is 1. The van der Waals surface area contributed by atoms with Crippen LogP contribution >= 0.6 is 0 Å². The number of para-hydroxylation sites is 2. The standard InChI is InChI=1S/C23H21N3O5/c1-14-20(21(24-31-14)30-17-10-6-15(7-11-17)23(28)29)22(27)26-13-12-25(16-8-9-16)18-4-2-3-5-19(18)26/h2-7,10-11,16H,8-9,12-13H2,1H3,(H,28,29). The van der Waals surface area contributed by atoms with E-state index in [1.54, 1.807) is 11.8 Å². The molecule has 0 atom stereocenters. The lowest BCUT2D eigenvalue weighted by atomic mass is 10.1. The van der Waals surface area contributed by atoms with Gasteiger partial charge in [0.25, 0.3) is 11.8 Å². The fraction of sp³-hybridized carbons (Fsp3) is 0.261. The molecule has 0 saturated heterocycles. The van der Waals surface area contributed by atoms with Gasteiger partial charge in [0.05, 0.1) is 16.9 Å². The topological polar surface area (TPSA) is 96.1 Å². The van der Waals surface area contributed by atoms with E-state index in [1.807, 2.05) is 18.2 Å². The summed E-state index contributed by atoms with van der Waals surface area (Å²) in [5.41, 5.74) is 2.33. The first-order valence-electron chi connectivity index (χ1n) is 10.2. The Labute approximate surface area is 178 Å². The number of aromatic carboxylic acids is 1. The maximum absolute atomic E-state index is 13.5. The van der Waals surface area contributed by atoms with Gasteiger partial charge in [0.2, 0.25) is 0 Å². The molecule has 1 fully saturated rings. The lowest BCUT2D eigenvalue weighted by Crippen LogP contribution is -2.45. The molecule has 2 aliphatic rings. The highest BCUT2D eigenvalue weighted by Crippen LogP contribution is 2.41. The minimum Gasteiger partial charge on any atom is -0.478 e. The number of hydrogen-bond donors (Lipinski definition) is 1. The van der Waals surface area contributed by atoms with Gasteiger partial charge >= 0.3 is 5.97 Å². The Morgan fingerprint density at radius 2 is 1.77 bits per heavy atom. The molecule has 0 unspecified atom stereocenters. The van der Waals surface area contributed by atoms with Crippen LogP contribution in [0, 0.1) is 6.92 Å². The molecule has 1 N–H and O–H groups in total. The van der Waals surface area contributed by atoms with Crippen LogP contribution in [0.3, 0.4) is 0 Å². The van der Waals surface area contributed by atoms with Gasteiger partial charge in [0.15, 0.2) is 5.76 Å². The van der Waals surface area contributed by atoms with E-state index in [0.717, 1.165) is 17.9 Å². The zero-order chi connectivity index (χ0) is 21.5. The molecule has 158 valence electrons. The van der Waals surface area contributed by atoms with Gasteiger partial charge in [-0.2, -0.15) is 0 Å². The number of hydrogen-bond acceptors (Lipinski definition) is 6. The maximum atomic E-state index is 13.5. The summed E-state index contributed by atoms with van der Waals surface area (Å²) in [6.07, 6.45) is 2.37. The second kappa shape index (κ2) is 7.46. The monoisotopic (exact) mass is 419 g/mol. The van der Waals surface area contributed by atoms with E-state index < -0.39 is 5.97 Å². The third kappa shape index (κ3) is 3.50. The highest BCUT2D eigenvalue weighted by Gasteiger charge is 2.37. The Kier molecular flexibility index (Phi) is 4.62. The first-order valence-corrected chi connectivity index (χ1v) is 10.2. The zero-order valence-electron chi connectivity index (χ0n) is 16.9. The second-order valence-electron chi connectivity index (χ2n) is 7.72. The molecule has 1 aromatic heterocycles. The fourth-order valence-electron chi connectivity index (χ4n) is 3.94. The Bertz CT molecular complexity index is 1150. The van der Waals surface area contributed by atoms with E-state index in [-0.39, 0.29) is 22.9 Å². The van der Waals surface area contributed by atoms with E-state index in [1.165, 1.54) is 37.1 Å². The van der Waals surface area contributed by atoms with Crippen LogP contribution in [0.2, 0.25) is 0 Å². The number of fused-ring (bicyclic) bond motifs is 1. The number of nitrogens with zero attached hydrogens (tertiary/aromatic N) is 3. The van der Waals surface area contributed by atoms with Crippen LogP contribution in [-0.2, 0) is 0 Å². The van der Waals surface area contributed by atoms with E-state index in [0.29, 0.717) is 24.1 Å². The summed E-state index contributed by atoms with van der Waals surface area (Å²) in [5, 5.41) is 13.0.